The second-order valence-corrected chi connectivity index (χ2v) is 8.22. The van der Waals surface area contributed by atoms with E-state index >= 15 is 0 Å². The van der Waals surface area contributed by atoms with Crippen LogP contribution in [0, 0.1) is 11.2 Å². The summed E-state index contributed by atoms with van der Waals surface area (Å²) in [5.41, 5.74) is 8.38. The smallest absolute Gasteiger partial charge is 0.258 e. The largest absolute Gasteiger partial charge is 0.489 e. The van der Waals surface area contributed by atoms with Gasteiger partial charge in [0.1, 0.15) is 23.5 Å². The summed E-state index contributed by atoms with van der Waals surface area (Å²) < 4.78 is 19.6. The number of halogens is 2. The first-order valence-corrected chi connectivity index (χ1v) is 10.1. The molecule has 0 unspecified atom stereocenters. The van der Waals surface area contributed by atoms with Gasteiger partial charge in [-0.25, -0.2) is 9.38 Å². The zero-order chi connectivity index (χ0) is 21.6. The van der Waals surface area contributed by atoms with E-state index in [0.717, 1.165) is 5.70 Å². The highest BCUT2D eigenvalue weighted by Crippen LogP contribution is 2.30. The fourth-order valence-electron chi connectivity index (χ4n) is 3.70. The average molecular weight is 432 g/mol. The molecular weight excluding hydrogens is 409 g/mol. The number of carbonyl (C=O) groups is 1. The molecule has 4 N–H and O–H groups in total. The number of ether oxygens (including phenoxy) is 1. The normalized spacial score (nSPS) is 26.4. The minimum absolute atomic E-state index is 0.0777. The number of nitrogens with one attached hydrogen (secondary N) is 2. The van der Waals surface area contributed by atoms with E-state index in [9.17, 15) is 9.18 Å². The molecule has 2 aliphatic heterocycles. The second kappa shape index (κ2) is 7.85. The van der Waals surface area contributed by atoms with Crippen molar-refractivity contribution >= 4 is 28.9 Å². The summed E-state index contributed by atoms with van der Waals surface area (Å²) in [6.07, 6.45) is 1.23. The summed E-state index contributed by atoms with van der Waals surface area (Å²) in [5, 5.41) is 12.0. The molecular formula is C21H23ClFN5O2. The van der Waals surface area contributed by atoms with Crippen molar-refractivity contribution in [1.29, 1.82) is 5.41 Å². The monoisotopic (exact) mass is 431 g/mol. The van der Waals surface area contributed by atoms with Gasteiger partial charge in [-0.2, -0.15) is 0 Å². The van der Waals surface area contributed by atoms with E-state index in [1.165, 1.54) is 23.1 Å². The van der Waals surface area contributed by atoms with Crippen LogP contribution in [-0.4, -0.2) is 47.5 Å². The van der Waals surface area contributed by atoms with Crippen molar-refractivity contribution < 1.29 is 13.9 Å². The second-order valence-electron chi connectivity index (χ2n) is 7.84. The fourth-order valence-corrected chi connectivity index (χ4v) is 3.79. The van der Waals surface area contributed by atoms with Gasteiger partial charge in [0, 0.05) is 23.4 Å². The van der Waals surface area contributed by atoms with Gasteiger partial charge in [-0.1, -0.05) is 11.6 Å². The number of hydrogen-bond donors (Lipinski definition) is 3. The molecule has 2 fully saturated rings. The van der Waals surface area contributed by atoms with Crippen molar-refractivity contribution in [3.8, 4) is 5.75 Å². The maximum atomic E-state index is 13.8. The van der Waals surface area contributed by atoms with Crippen LogP contribution < -0.4 is 15.8 Å². The number of rotatable bonds is 3. The number of hydrogen-bond acceptors (Lipinski definition) is 6. The minimum Gasteiger partial charge on any atom is -0.489 e. The highest BCUT2D eigenvalue weighted by molar-refractivity contribution is 6.43. The van der Waals surface area contributed by atoms with Crippen LogP contribution in [0.4, 0.5) is 4.39 Å². The molecule has 3 aliphatic rings. The van der Waals surface area contributed by atoms with Crippen LogP contribution in [0.25, 0.3) is 0 Å². The molecule has 0 radical (unpaired) electrons. The van der Waals surface area contributed by atoms with Gasteiger partial charge in [-0.3, -0.25) is 4.79 Å². The Kier molecular flexibility index (Phi) is 5.38. The van der Waals surface area contributed by atoms with Crippen molar-refractivity contribution in [2.24, 2.45) is 10.7 Å². The molecule has 1 saturated carbocycles. The number of amides is 1. The lowest BCUT2D eigenvalue weighted by molar-refractivity contribution is 0.0772. The molecule has 1 saturated heterocycles. The van der Waals surface area contributed by atoms with E-state index in [0.29, 0.717) is 40.7 Å². The Morgan fingerprint density at radius 2 is 2.10 bits per heavy atom. The quantitative estimate of drug-likeness (QED) is 0.684. The van der Waals surface area contributed by atoms with Crippen LogP contribution in [0.3, 0.4) is 0 Å². The first-order valence-electron chi connectivity index (χ1n) is 9.74. The number of nitrogens with two attached hydrogens (primary N) is 1. The first-order chi connectivity index (χ1) is 14.2. The van der Waals surface area contributed by atoms with Crippen LogP contribution in [0.1, 0.15) is 37.0 Å². The summed E-state index contributed by atoms with van der Waals surface area (Å²) in [6, 6.07) is 3.97. The molecule has 0 bridgehead atoms. The molecule has 7 nitrogen and oxygen atoms in total. The van der Waals surface area contributed by atoms with Gasteiger partial charge in [0.15, 0.2) is 0 Å². The summed E-state index contributed by atoms with van der Waals surface area (Å²) in [6.45, 7) is 3.97. The maximum Gasteiger partial charge on any atom is 0.258 e. The molecule has 158 valence electrons. The molecule has 1 amide bonds. The molecule has 2 heterocycles. The Balaban J connectivity index is 1.57. The number of nitrogens with zero attached hydrogens (tertiary/aromatic N) is 2. The highest BCUT2D eigenvalue weighted by atomic mass is 35.5. The number of aliphatic imine (C=N–C) groups is 1. The zero-order valence-corrected chi connectivity index (χ0v) is 17.5. The molecule has 4 rings (SSSR count). The summed E-state index contributed by atoms with van der Waals surface area (Å²) >= 11 is 6.18. The molecule has 1 aromatic carbocycles. The lowest BCUT2D eigenvalue weighted by Gasteiger charge is -2.33. The molecule has 30 heavy (non-hydrogen) atoms. The first kappa shape index (κ1) is 20.6. The van der Waals surface area contributed by atoms with E-state index in [1.54, 1.807) is 6.92 Å². The fraction of sp³-hybridized carbons (Fsp3) is 0.381. The predicted octanol–water partition coefficient (Wildman–Crippen LogP) is 2.92. The number of benzene rings is 1. The van der Waals surface area contributed by atoms with Gasteiger partial charge in [0.05, 0.1) is 35.1 Å². The van der Waals surface area contributed by atoms with Crippen molar-refractivity contribution in [3.05, 3.63) is 51.7 Å². The van der Waals surface area contributed by atoms with Gasteiger partial charge < -0.3 is 26.1 Å². The van der Waals surface area contributed by atoms with Crippen molar-refractivity contribution in [3.63, 3.8) is 0 Å². The van der Waals surface area contributed by atoms with E-state index in [2.05, 4.69) is 10.3 Å². The Morgan fingerprint density at radius 1 is 1.37 bits per heavy atom. The maximum absolute atomic E-state index is 13.8. The van der Waals surface area contributed by atoms with Crippen LogP contribution in [0.2, 0.25) is 0 Å². The SMILES string of the molecule is CC1=N/C(=C2\CN(C(=O)c3ccc(F)cc3OC3CC(N)C3)CC2=N)NC(C)=C1Cl. The summed E-state index contributed by atoms with van der Waals surface area (Å²) in [7, 11) is 0. The highest BCUT2D eigenvalue weighted by Gasteiger charge is 2.33. The summed E-state index contributed by atoms with van der Waals surface area (Å²) in [4.78, 5) is 19.1. The van der Waals surface area contributed by atoms with Crippen molar-refractivity contribution in [2.75, 3.05) is 13.1 Å². The Labute approximate surface area is 178 Å². The molecule has 0 spiro atoms. The Hall–Kier alpha value is -2.71. The van der Waals surface area contributed by atoms with Crippen LogP contribution >= 0.6 is 11.6 Å². The third-order valence-corrected chi connectivity index (χ3v) is 6.02. The van der Waals surface area contributed by atoms with Crippen molar-refractivity contribution in [2.45, 2.75) is 38.8 Å². The third-order valence-electron chi connectivity index (χ3n) is 5.47. The van der Waals surface area contributed by atoms with Gasteiger partial charge in [0.2, 0.25) is 0 Å². The molecule has 9 heteroatoms. The third kappa shape index (κ3) is 3.85. The van der Waals surface area contributed by atoms with E-state index < -0.39 is 5.82 Å². The minimum atomic E-state index is -0.475. The van der Waals surface area contributed by atoms with Gasteiger partial charge in [-0.15, -0.1) is 0 Å². The van der Waals surface area contributed by atoms with Crippen LogP contribution in [0.5, 0.6) is 5.75 Å². The Bertz CT molecular complexity index is 1030. The number of carbonyl (C=O) groups excluding carboxylic acids is 1. The standard InChI is InChI=1S/C21H23ClFN5O2/c1-10-19(22)11(2)27-20(26-10)16-8-28(9-17(16)25)21(29)15-4-3-12(23)5-18(15)30-14-6-13(24)7-14/h3-5,13-14,25-26H,6-9,24H2,1-2H3/b20-16+,25-17?. The van der Waals surface area contributed by atoms with Gasteiger partial charge in [0.25, 0.3) is 5.91 Å². The molecule has 0 aromatic heterocycles. The van der Waals surface area contributed by atoms with E-state index in [4.69, 9.17) is 27.5 Å². The lowest BCUT2D eigenvalue weighted by atomic mass is 9.90. The number of allylic oxidation sites excluding steroid dienone is 2. The predicted molar refractivity (Wildman–Crippen MR) is 113 cm³/mol. The van der Waals surface area contributed by atoms with E-state index in [1.807, 2.05) is 6.92 Å². The van der Waals surface area contributed by atoms with Crippen LogP contribution in [0.15, 0.2) is 45.3 Å². The Morgan fingerprint density at radius 3 is 2.77 bits per heavy atom. The van der Waals surface area contributed by atoms with Gasteiger partial charge >= 0.3 is 0 Å². The van der Waals surface area contributed by atoms with Crippen molar-refractivity contribution in [1.82, 2.24) is 10.2 Å². The molecule has 1 aliphatic carbocycles. The molecule has 0 atom stereocenters. The van der Waals surface area contributed by atoms with Gasteiger partial charge in [-0.05, 0) is 38.8 Å². The topological polar surface area (TPSA) is 104 Å². The average Bonchev–Trinajstić information content (AvgIpc) is 3.06. The van der Waals surface area contributed by atoms with Crippen LogP contribution in [-0.2, 0) is 0 Å². The lowest BCUT2D eigenvalue weighted by Crippen LogP contribution is -2.43. The molecule has 1 aromatic rings. The number of likely N-dealkylation sites (tertiary alicyclic amines) is 1. The van der Waals surface area contributed by atoms with E-state index in [-0.39, 0.29) is 42.5 Å². The zero-order valence-electron chi connectivity index (χ0n) is 16.8. The summed E-state index contributed by atoms with van der Waals surface area (Å²) in [5.74, 6) is -0.0678.